The van der Waals surface area contributed by atoms with Crippen LogP contribution in [-0.2, 0) is 9.59 Å². The van der Waals surface area contributed by atoms with Gasteiger partial charge in [0.05, 0.1) is 5.92 Å². The molecule has 1 aliphatic rings. The van der Waals surface area contributed by atoms with E-state index in [1.165, 1.54) is 0 Å². The lowest BCUT2D eigenvalue weighted by Crippen LogP contribution is -2.27. The number of nitrogens with zero attached hydrogens (tertiary/aromatic N) is 3. The van der Waals surface area contributed by atoms with Gasteiger partial charge >= 0.3 is 5.97 Å². The maximum Gasteiger partial charge on any atom is 0.308 e. The van der Waals surface area contributed by atoms with Crippen molar-refractivity contribution in [1.29, 1.82) is 0 Å². The van der Waals surface area contributed by atoms with Gasteiger partial charge in [-0.15, -0.1) is 10.2 Å². The van der Waals surface area contributed by atoms with E-state index < -0.39 is 11.9 Å². The lowest BCUT2D eigenvalue weighted by molar-refractivity contribution is -0.141. The Morgan fingerprint density at radius 2 is 2.37 bits per heavy atom. The number of carboxylic acid groups (broad SMARTS) is 1. The van der Waals surface area contributed by atoms with Crippen LogP contribution in [0.5, 0.6) is 0 Å². The number of hydrogen-bond donors (Lipinski definition) is 1. The summed E-state index contributed by atoms with van der Waals surface area (Å²) in [5, 5.41) is 17.8. The quantitative estimate of drug-likeness (QED) is 0.629. The number of aromatic nitrogens is 2. The molecule has 0 bridgehead atoms. The van der Waals surface area contributed by atoms with Crippen molar-refractivity contribution >= 4 is 35.0 Å². The Hall–Kier alpha value is -1.15. The van der Waals surface area contributed by atoms with Gasteiger partial charge in [0.15, 0.2) is 4.34 Å². The van der Waals surface area contributed by atoms with Crippen molar-refractivity contribution in [3.05, 3.63) is 5.01 Å². The van der Waals surface area contributed by atoms with Gasteiger partial charge in [0, 0.05) is 25.3 Å². The van der Waals surface area contributed by atoms with Crippen LogP contribution in [0.2, 0.25) is 0 Å². The molecule has 1 atom stereocenters. The fraction of sp³-hybridized carbons (Fsp3) is 0.636. The van der Waals surface area contributed by atoms with Crippen LogP contribution in [0.4, 0.5) is 0 Å². The Bertz CT molecular complexity index is 478. The summed E-state index contributed by atoms with van der Waals surface area (Å²) in [6.07, 6.45) is 0.972. The molecule has 0 aliphatic carbocycles. The average Bonchev–Trinajstić information content (AvgIpc) is 2.92. The van der Waals surface area contributed by atoms with Crippen LogP contribution in [0.1, 0.15) is 17.8 Å². The van der Waals surface area contributed by atoms with E-state index in [2.05, 4.69) is 10.2 Å². The number of aryl methyl sites for hydroxylation is 1. The molecular formula is C11H15N3O3S2. The number of thioether (sulfide) groups is 1. The van der Waals surface area contributed by atoms with Gasteiger partial charge in [0.2, 0.25) is 5.91 Å². The average molecular weight is 301 g/mol. The molecule has 1 aromatic heterocycles. The van der Waals surface area contributed by atoms with E-state index in [-0.39, 0.29) is 12.3 Å². The first-order valence-electron chi connectivity index (χ1n) is 5.99. The minimum absolute atomic E-state index is 0.0517. The first-order chi connectivity index (χ1) is 9.06. The van der Waals surface area contributed by atoms with Crippen molar-refractivity contribution in [2.24, 2.45) is 5.92 Å². The summed E-state index contributed by atoms with van der Waals surface area (Å²) < 4.78 is 0.939. The molecule has 0 saturated carbocycles. The molecule has 19 heavy (non-hydrogen) atoms. The predicted molar refractivity (Wildman–Crippen MR) is 72.3 cm³/mol. The molecule has 1 fully saturated rings. The van der Waals surface area contributed by atoms with E-state index in [4.69, 9.17) is 5.11 Å². The van der Waals surface area contributed by atoms with Crippen LogP contribution in [-0.4, -0.2) is 50.9 Å². The molecule has 1 aromatic rings. The number of carbonyl (C=O) groups excluding carboxylic acids is 1. The third kappa shape index (κ3) is 3.90. The normalized spacial score (nSPS) is 19.1. The molecule has 6 nitrogen and oxygen atoms in total. The smallest absolute Gasteiger partial charge is 0.308 e. The zero-order valence-corrected chi connectivity index (χ0v) is 12.2. The lowest BCUT2D eigenvalue weighted by Gasteiger charge is -2.15. The Balaban J connectivity index is 1.68. The number of likely N-dealkylation sites (tertiary alicyclic amines) is 1. The maximum absolute atomic E-state index is 11.6. The first-order valence-corrected chi connectivity index (χ1v) is 7.80. The largest absolute Gasteiger partial charge is 0.481 e. The Morgan fingerprint density at radius 1 is 1.58 bits per heavy atom. The fourth-order valence-corrected chi connectivity index (χ4v) is 3.72. The van der Waals surface area contributed by atoms with Crippen LogP contribution in [0.15, 0.2) is 4.34 Å². The van der Waals surface area contributed by atoms with E-state index in [0.29, 0.717) is 13.1 Å². The summed E-state index contributed by atoms with van der Waals surface area (Å²) in [5.74, 6) is -0.611. The predicted octanol–water partition coefficient (Wildman–Crippen LogP) is 1.26. The number of rotatable bonds is 6. The van der Waals surface area contributed by atoms with Gasteiger partial charge in [-0.05, 0) is 13.3 Å². The summed E-state index contributed by atoms with van der Waals surface area (Å²) in [6, 6.07) is 0. The van der Waals surface area contributed by atoms with E-state index in [1.54, 1.807) is 28.0 Å². The van der Waals surface area contributed by atoms with Crippen molar-refractivity contribution < 1.29 is 14.7 Å². The van der Waals surface area contributed by atoms with Gasteiger partial charge in [0.1, 0.15) is 5.01 Å². The molecule has 2 heterocycles. The highest BCUT2D eigenvalue weighted by Crippen LogP contribution is 2.23. The second kappa shape index (κ2) is 6.33. The molecule has 1 N–H and O–H groups in total. The standard InChI is InChI=1S/C11H15N3O3S2/c1-7-12-13-11(19-7)18-4-2-3-14-6-8(10(16)17)5-9(14)15/h8H,2-6H2,1H3,(H,16,17)/t8-/m1/s1. The zero-order valence-electron chi connectivity index (χ0n) is 10.5. The Morgan fingerprint density at radius 3 is 2.95 bits per heavy atom. The van der Waals surface area contributed by atoms with E-state index in [0.717, 1.165) is 21.5 Å². The molecule has 1 aliphatic heterocycles. The van der Waals surface area contributed by atoms with Crippen LogP contribution in [0.25, 0.3) is 0 Å². The number of hydrogen-bond acceptors (Lipinski definition) is 6. The van der Waals surface area contributed by atoms with Crippen LogP contribution in [0, 0.1) is 12.8 Å². The number of amides is 1. The molecule has 0 unspecified atom stereocenters. The summed E-state index contributed by atoms with van der Waals surface area (Å²) in [6.45, 7) is 2.88. The lowest BCUT2D eigenvalue weighted by atomic mass is 10.1. The molecular weight excluding hydrogens is 286 g/mol. The molecule has 1 amide bonds. The second-order valence-electron chi connectivity index (χ2n) is 4.37. The molecule has 2 rings (SSSR count). The number of carbonyl (C=O) groups is 2. The van der Waals surface area contributed by atoms with E-state index in [9.17, 15) is 9.59 Å². The number of aliphatic carboxylic acids is 1. The minimum atomic E-state index is -0.880. The van der Waals surface area contributed by atoms with Crippen molar-refractivity contribution in [3.8, 4) is 0 Å². The van der Waals surface area contributed by atoms with Gasteiger partial charge in [-0.3, -0.25) is 9.59 Å². The summed E-state index contributed by atoms with van der Waals surface area (Å²) in [4.78, 5) is 24.0. The van der Waals surface area contributed by atoms with E-state index in [1.807, 2.05) is 6.92 Å². The fourth-order valence-electron chi connectivity index (χ4n) is 1.91. The van der Waals surface area contributed by atoms with Gasteiger partial charge < -0.3 is 10.0 Å². The molecule has 1 saturated heterocycles. The van der Waals surface area contributed by atoms with Gasteiger partial charge in [-0.2, -0.15) is 0 Å². The Labute approximate surface area is 119 Å². The highest BCUT2D eigenvalue weighted by atomic mass is 32.2. The molecule has 0 spiro atoms. The van der Waals surface area contributed by atoms with Gasteiger partial charge in [-0.1, -0.05) is 23.1 Å². The SMILES string of the molecule is Cc1nnc(SCCCN2C[C@H](C(=O)O)CC2=O)s1. The van der Waals surface area contributed by atoms with Crippen LogP contribution < -0.4 is 0 Å². The zero-order chi connectivity index (χ0) is 13.8. The monoisotopic (exact) mass is 301 g/mol. The van der Waals surface area contributed by atoms with Crippen molar-refractivity contribution in [3.63, 3.8) is 0 Å². The molecule has 0 aromatic carbocycles. The van der Waals surface area contributed by atoms with E-state index >= 15 is 0 Å². The summed E-state index contributed by atoms with van der Waals surface area (Å²) in [7, 11) is 0. The van der Waals surface area contributed by atoms with Crippen molar-refractivity contribution in [1.82, 2.24) is 15.1 Å². The highest BCUT2D eigenvalue weighted by molar-refractivity contribution is 8.01. The summed E-state index contributed by atoms with van der Waals surface area (Å²) in [5.41, 5.74) is 0. The molecule has 104 valence electrons. The van der Waals surface area contributed by atoms with Gasteiger partial charge in [-0.25, -0.2) is 0 Å². The third-order valence-electron chi connectivity index (χ3n) is 2.87. The third-order valence-corrected chi connectivity index (χ3v) is 4.93. The minimum Gasteiger partial charge on any atom is -0.481 e. The van der Waals surface area contributed by atoms with Crippen LogP contribution >= 0.6 is 23.1 Å². The maximum atomic E-state index is 11.6. The molecule has 0 radical (unpaired) electrons. The second-order valence-corrected chi connectivity index (χ2v) is 6.89. The first kappa shape index (κ1) is 14.3. The topological polar surface area (TPSA) is 83.4 Å². The summed E-state index contributed by atoms with van der Waals surface area (Å²) >= 11 is 3.18. The molecule has 8 heteroatoms. The Kier molecular flexibility index (Phi) is 4.76. The van der Waals surface area contributed by atoms with Gasteiger partial charge in [0.25, 0.3) is 0 Å². The van der Waals surface area contributed by atoms with Crippen molar-refractivity contribution in [2.75, 3.05) is 18.8 Å². The highest BCUT2D eigenvalue weighted by Gasteiger charge is 2.33. The van der Waals surface area contributed by atoms with Crippen LogP contribution in [0.3, 0.4) is 0 Å². The van der Waals surface area contributed by atoms with Crippen molar-refractivity contribution in [2.45, 2.75) is 24.1 Å². The number of carboxylic acids is 1.